The largest absolute Gasteiger partial charge is 0.338 e. The quantitative estimate of drug-likeness (QED) is 0.717. The maximum Gasteiger partial charge on any atom is 0.166 e. The number of benzene rings is 1. The number of hydrogen-bond acceptors (Lipinski definition) is 1. The van der Waals surface area contributed by atoms with Gasteiger partial charge in [-0.25, -0.2) is 0 Å². The first kappa shape index (κ1) is 10.7. The molecule has 0 aliphatic heterocycles. The van der Waals surface area contributed by atoms with E-state index in [0.717, 1.165) is 6.29 Å². The number of carbonyl (C=O) groups excluding carboxylic acids is 1. The number of aromatic nitrogens is 1. The molecule has 0 aliphatic carbocycles. The van der Waals surface area contributed by atoms with Gasteiger partial charge in [0.1, 0.15) is 0 Å². The van der Waals surface area contributed by atoms with Crippen LogP contribution in [0.2, 0.25) is 0 Å². The summed E-state index contributed by atoms with van der Waals surface area (Å²) in [5.41, 5.74) is 3.18. The standard InChI is InChI=1S/C14H15NO/c1-11-5-7-13(8-6-11)12(2)15-9-3-4-14(15)10-16/h3-10,12H,1-2H3/t12-/m1/s1. The van der Waals surface area contributed by atoms with E-state index in [0.29, 0.717) is 5.69 Å². The monoisotopic (exact) mass is 213 g/mol. The Kier molecular flexibility index (Phi) is 2.91. The van der Waals surface area contributed by atoms with E-state index in [1.54, 1.807) is 0 Å². The molecule has 0 radical (unpaired) electrons. The minimum absolute atomic E-state index is 0.191. The lowest BCUT2D eigenvalue weighted by Crippen LogP contribution is -2.08. The highest BCUT2D eigenvalue weighted by atomic mass is 16.1. The second-order valence-electron chi connectivity index (χ2n) is 4.04. The summed E-state index contributed by atoms with van der Waals surface area (Å²) < 4.78 is 1.98. The first-order valence-electron chi connectivity index (χ1n) is 5.41. The highest BCUT2D eigenvalue weighted by molar-refractivity contribution is 5.72. The molecule has 82 valence electrons. The van der Waals surface area contributed by atoms with Crippen LogP contribution in [-0.2, 0) is 0 Å². The van der Waals surface area contributed by atoms with Gasteiger partial charge in [0.2, 0.25) is 0 Å². The van der Waals surface area contributed by atoms with E-state index in [2.05, 4.69) is 38.1 Å². The van der Waals surface area contributed by atoms with E-state index in [1.807, 2.05) is 22.9 Å². The van der Waals surface area contributed by atoms with Crippen molar-refractivity contribution < 1.29 is 4.79 Å². The van der Waals surface area contributed by atoms with Gasteiger partial charge in [0.05, 0.1) is 11.7 Å². The van der Waals surface area contributed by atoms with E-state index < -0.39 is 0 Å². The Morgan fingerprint density at radius 3 is 2.50 bits per heavy atom. The summed E-state index contributed by atoms with van der Waals surface area (Å²) in [5.74, 6) is 0. The topological polar surface area (TPSA) is 22.0 Å². The van der Waals surface area contributed by atoms with Crippen molar-refractivity contribution in [2.45, 2.75) is 19.9 Å². The van der Waals surface area contributed by atoms with Gasteiger partial charge in [-0.1, -0.05) is 29.8 Å². The van der Waals surface area contributed by atoms with Crippen LogP contribution in [0.3, 0.4) is 0 Å². The zero-order valence-corrected chi connectivity index (χ0v) is 9.55. The predicted molar refractivity (Wildman–Crippen MR) is 64.8 cm³/mol. The average molecular weight is 213 g/mol. The summed E-state index contributed by atoms with van der Waals surface area (Å²) in [5, 5.41) is 0. The third-order valence-electron chi connectivity index (χ3n) is 2.91. The third kappa shape index (κ3) is 1.91. The maximum absolute atomic E-state index is 10.9. The van der Waals surface area contributed by atoms with Gasteiger partial charge in [-0.3, -0.25) is 4.79 Å². The second-order valence-corrected chi connectivity index (χ2v) is 4.04. The van der Waals surface area contributed by atoms with Gasteiger partial charge in [-0.05, 0) is 31.5 Å². The fourth-order valence-electron chi connectivity index (χ4n) is 1.86. The zero-order chi connectivity index (χ0) is 11.5. The van der Waals surface area contributed by atoms with Crippen LogP contribution in [0, 0.1) is 6.92 Å². The summed E-state index contributed by atoms with van der Waals surface area (Å²) in [6.45, 7) is 4.17. The molecule has 0 bridgehead atoms. The lowest BCUT2D eigenvalue weighted by atomic mass is 10.1. The molecule has 2 aromatic rings. The van der Waals surface area contributed by atoms with Crippen LogP contribution in [0.15, 0.2) is 42.6 Å². The lowest BCUT2D eigenvalue weighted by Gasteiger charge is -2.16. The van der Waals surface area contributed by atoms with Crippen molar-refractivity contribution in [1.82, 2.24) is 4.57 Å². The first-order valence-corrected chi connectivity index (χ1v) is 5.41. The number of nitrogens with zero attached hydrogens (tertiary/aromatic N) is 1. The van der Waals surface area contributed by atoms with Crippen LogP contribution >= 0.6 is 0 Å². The Morgan fingerprint density at radius 2 is 1.88 bits per heavy atom. The number of carbonyl (C=O) groups is 1. The second kappa shape index (κ2) is 4.35. The van der Waals surface area contributed by atoms with Gasteiger partial charge < -0.3 is 4.57 Å². The van der Waals surface area contributed by atoms with Gasteiger partial charge in [0, 0.05) is 6.20 Å². The highest BCUT2D eigenvalue weighted by Crippen LogP contribution is 2.20. The summed E-state index contributed by atoms with van der Waals surface area (Å²) in [7, 11) is 0. The minimum Gasteiger partial charge on any atom is -0.338 e. The molecule has 1 atom stereocenters. The molecular weight excluding hydrogens is 198 g/mol. The van der Waals surface area contributed by atoms with Crippen LogP contribution in [0.25, 0.3) is 0 Å². The SMILES string of the molecule is Cc1ccc([C@@H](C)n2cccc2C=O)cc1. The molecule has 1 aromatic heterocycles. The van der Waals surface area contributed by atoms with Gasteiger partial charge in [-0.15, -0.1) is 0 Å². The number of rotatable bonds is 3. The summed E-state index contributed by atoms with van der Waals surface area (Å²) in [6, 6.07) is 12.3. The van der Waals surface area contributed by atoms with Gasteiger partial charge in [-0.2, -0.15) is 0 Å². The molecule has 0 unspecified atom stereocenters. The summed E-state index contributed by atoms with van der Waals surface area (Å²) in [4.78, 5) is 10.9. The highest BCUT2D eigenvalue weighted by Gasteiger charge is 2.09. The van der Waals surface area contributed by atoms with E-state index in [9.17, 15) is 4.79 Å². The molecule has 2 rings (SSSR count). The molecule has 0 N–H and O–H groups in total. The molecule has 1 heterocycles. The van der Waals surface area contributed by atoms with Crippen LogP contribution in [0.4, 0.5) is 0 Å². The Bertz CT molecular complexity index is 482. The van der Waals surface area contributed by atoms with Gasteiger partial charge in [0.25, 0.3) is 0 Å². The van der Waals surface area contributed by atoms with E-state index in [-0.39, 0.29) is 6.04 Å². The van der Waals surface area contributed by atoms with Crippen molar-refractivity contribution in [2.24, 2.45) is 0 Å². The summed E-state index contributed by atoms with van der Waals surface area (Å²) >= 11 is 0. The third-order valence-corrected chi connectivity index (χ3v) is 2.91. The Hall–Kier alpha value is -1.83. The molecule has 2 nitrogen and oxygen atoms in total. The Labute approximate surface area is 95.5 Å². The van der Waals surface area contributed by atoms with Crippen LogP contribution in [-0.4, -0.2) is 10.9 Å². The maximum atomic E-state index is 10.9. The number of hydrogen-bond donors (Lipinski definition) is 0. The smallest absolute Gasteiger partial charge is 0.166 e. The van der Waals surface area contributed by atoms with Gasteiger partial charge >= 0.3 is 0 Å². The van der Waals surface area contributed by atoms with Crippen molar-refractivity contribution in [3.63, 3.8) is 0 Å². The Morgan fingerprint density at radius 1 is 1.19 bits per heavy atom. The van der Waals surface area contributed by atoms with Crippen molar-refractivity contribution in [2.75, 3.05) is 0 Å². The van der Waals surface area contributed by atoms with Crippen LogP contribution in [0.1, 0.15) is 34.6 Å². The average Bonchev–Trinajstić information content (AvgIpc) is 2.77. The van der Waals surface area contributed by atoms with Crippen molar-refractivity contribution >= 4 is 6.29 Å². The molecule has 0 amide bonds. The fraction of sp³-hybridized carbons (Fsp3) is 0.214. The minimum atomic E-state index is 0.191. The van der Waals surface area contributed by atoms with Gasteiger partial charge in [0.15, 0.2) is 6.29 Å². The van der Waals surface area contributed by atoms with Crippen molar-refractivity contribution in [1.29, 1.82) is 0 Å². The molecule has 0 saturated carbocycles. The van der Waals surface area contributed by atoms with E-state index in [4.69, 9.17) is 0 Å². The number of aryl methyl sites for hydroxylation is 1. The molecule has 0 spiro atoms. The molecule has 0 saturated heterocycles. The Balaban J connectivity index is 2.35. The molecule has 16 heavy (non-hydrogen) atoms. The van der Waals surface area contributed by atoms with E-state index >= 15 is 0 Å². The first-order chi connectivity index (χ1) is 7.72. The predicted octanol–water partition coefficient (Wildman–Crippen LogP) is 3.22. The van der Waals surface area contributed by atoms with Crippen LogP contribution in [0.5, 0.6) is 0 Å². The molecular formula is C14H15NO. The van der Waals surface area contributed by atoms with E-state index in [1.165, 1.54) is 11.1 Å². The van der Waals surface area contributed by atoms with Crippen molar-refractivity contribution in [3.8, 4) is 0 Å². The zero-order valence-electron chi connectivity index (χ0n) is 9.55. The molecule has 2 heteroatoms. The summed E-state index contributed by atoms with van der Waals surface area (Å²) in [6.07, 6.45) is 2.83. The molecule has 0 aliphatic rings. The number of aldehydes is 1. The molecule has 0 fully saturated rings. The fourth-order valence-corrected chi connectivity index (χ4v) is 1.86. The van der Waals surface area contributed by atoms with Crippen molar-refractivity contribution in [3.05, 3.63) is 59.4 Å². The van der Waals surface area contributed by atoms with Crippen LogP contribution < -0.4 is 0 Å². The normalized spacial score (nSPS) is 12.4. The molecule has 1 aromatic carbocycles. The lowest BCUT2D eigenvalue weighted by molar-refractivity contribution is 0.111.